The van der Waals surface area contributed by atoms with Crippen LogP contribution in [0.25, 0.3) is 0 Å². The Kier molecular flexibility index (Phi) is 4.72. The molecule has 0 saturated carbocycles. The van der Waals surface area contributed by atoms with E-state index in [-0.39, 0.29) is 5.82 Å². The topological polar surface area (TPSA) is 23.5 Å². The van der Waals surface area contributed by atoms with Crippen LogP contribution in [0, 0.1) is 11.7 Å². The van der Waals surface area contributed by atoms with Gasteiger partial charge in [-0.25, -0.2) is 4.39 Å². The quantitative estimate of drug-likeness (QED) is 0.888. The van der Waals surface area contributed by atoms with Crippen molar-refractivity contribution in [1.82, 2.24) is 4.90 Å². The molecule has 0 spiro atoms. The molecule has 1 aromatic rings. The first-order chi connectivity index (χ1) is 8.69. The minimum atomic E-state index is -0.176. The van der Waals surface area contributed by atoms with Crippen molar-refractivity contribution in [3.05, 3.63) is 35.6 Å². The maximum Gasteiger partial charge on any atom is 0.123 e. The van der Waals surface area contributed by atoms with Gasteiger partial charge in [0.15, 0.2) is 0 Å². The monoisotopic (exact) mass is 251 g/mol. The summed E-state index contributed by atoms with van der Waals surface area (Å²) in [5, 5.41) is 9.24. The molecule has 100 valence electrons. The van der Waals surface area contributed by atoms with Crippen molar-refractivity contribution in [2.24, 2.45) is 5.92 Å². The Bertz CT molecular complexity index is 365. The lowest BCUT2D eigenvalue weighted by molar-refractivity contribution is 0.0935. The molecule has 1 aromatic carbocycles. The maximum atomic E-state index is 12.8. The molecule has 0 aromatic heterocycles. The van der Waals surface area contributed by atoms with Crippen LogP contribution in [-0.2, 0) is 6.42 Å². The van der Waals surface area contributed by atoms with Crippen LogP contribution in [0.2, 0.25) is 0 Å². The Balaban J connectivity index is 1.90. The summed E-state index contributed by atoms with van der Waals surface area (Å²) in [6.45, 7) is 4.60. The molecule has 2 unspecified atom stereocenters. The van der Waals surface area contributed by atoms with E-state index in [1.54, 1.807) is 0 Å². The normalized spacial score (nSPS) is 22.9. The lowest BCUT2D eigenvalue weighted by Gasteiger charge is -2.36. The number of halogens is 1. The van der Waals surface area contributed by atoms with Crippen LogP contribution in [0.5, 0.6) is 0 Å². The van der Waals surface area contributed by atoms with Crippen LogP contribution in [0.3, 0.4) is 0 Å². The molecular formula is C15H22FNO. The smallest absolute Gasteiger partial charge is 0.123 e. The van der Waals surface area contributed by atoms with E-state index in [1.165, 1.54) is 24.1 Å². The summed E-state index contributed by atoms with van der Waals surface area (Å²) < 4.78 is 12.8. The van der Waals surface area contributed by atoms with Gasteiger partial charge in [0.05, 0.1) is 0 Å². The molecule has 0 aliphatic carbocycles. The Labute approximate surface area is 108 Å². The second-order valence-electron chi connectivity index (χ2n) is 5.37. The summed E-state index contributed by atoms with van der Waals surface area (Å²) in [7, 11) is 0. The molecule has 2 atom stereocenters. The van der Waals surface area contributed by atoms with Crippen LogP contribution in [0.1, 0.15) is 25.3 Å². The lowest BCUT2D eigenvalue weighted by Crippen LogP contribution is -2.43. The zero-order chi connectivity index (χ0) is 13.0. The van der Waals surface area contributed by atoms with E-state index < -0.39 is 0 Å². The molecule has 2 rings (SSSR count). The molecule has 0 amide bonds. The number of aliphatic hydroxyl groups is 1. The van der Waals surface area contributed by atoms with Crippen LogP contribution in [0.15, 0.2) is 24.3 Å². The Morgan fingerprint density at radius 3 is 2.78 bits per heavy atom. The number of piperidine rings is 1. The van der Waals surface area contributed by atoms with E-state index in [0.717, 1.165) is 25.9 Å². The van der Waals surface area contributed by atoms with Crippen molar-refractivity contribution in [1.29, 1.82) is 0 Å². The molecule has 1 N–H and O–H groups in total. The van der Waals surface area contributed by atoms with E-state index in [0.29, 0.717) is 18.6 Å². The van der Waals surface area contributed by atoms with Gasteiger partial charge >= 0.3 is 0 Å². The third-order valence-electron chi connectivity index (χ3n) is 3.88. The predicted octanol–water partition coefficient (Wildman–Crippen LogP) is 2.46. The van der Waals surface area contributed by atoms with Gasteiger partial charge in [0, 0.05) is 19.2 Å². The highest BCUT2D eigenvalue weighted by molar-refractivity contribution is 5.17. The Morgan fingerprint density at radius 2 is 2.11 bits per heavy atom. The van der Waals surface area contributed by atoms with Gasteiger partial charge in [-0.3, -0.25) is 4.90 Å². The Morgan fingerprint density at radius 1 is 1.39 bits per heavy atom. The van der Waals surface area contributed by atoms with Gasteiger partial charge in [-0.1, -0.05) is 12.1 Å². The van der Waals surface area contributed by atoms with Crippen molar-refractivity contribution >= 4 is 0 Å². The summed E-state index contributed by atoms with van der Waals surface area (Å²) in [5.41, 5.74) is 1.18. The zero-order valence-electron chi connectivity index (χ0n) is 11.0. The summed E-state index contributed by atoms with van der Waals surface area (Å²) in [4.78, 5) is 2.44. The molecule has 1 aliphatic heterocycles. The molecule has 1 fully saturated rings. The average molecular weight is 251 g/mol. The van der Waals surface area contributed by atoms with E-state index in [2.05, 4.69) is 11.8 Å². The number of rotatable bonds is 4. The molecule has 2 nitrogen and oxygen atoms in total. The van der Waals surface area contributed by atoms with Crippen molar-refractivity contribution in [3.8, 4) is 0 Å². The van der Waals surface area contributed by atoms with Gasteiger partial charge in [-0.05, 0) is 56.3 Å². The van der Waals surface area contributed by atoms with Crippen molar-refractivity contribution < 1.29 is 9.50 Å². The van der Waals surface area contributed by atoms with E-state index in [9.17, 15) is 9.50 Å². The fourth-order valence-electron chi connectivity index (χ4n) is 2.74. The highest BCUT2D eigenvalue weighted by Crippen LogP contribution is 2.19. The van der Waals surface area contributed by atoms with Crippen molar-refractivity contribution in [3.63, 3.8) is 0 Å². The number of nitrogens with zero attached hydrogens (tertiary/aromatic N) is 1. The van der Waals surface area contributed by atoms with Crippen LogP contribution >= 0.6 is 0 Å². The largest absolute Gasteiger partial charge is 0.396 e. The first-order valence-corrected chi connectivity index (χ1v) is 6.78. The molecule has 0 radical (unpaired) electrons. The van der Waals surface area contributed by atoms with Crippen LogP contribution < -0.4 is 0 Å². The number of likely N-dealkylation sites (tertiary alicyclic amines) is 1. The predicted molar refractivity (Wildman–Crippen MR) is 70.9 cm³/mol. The molecule has 18 heavy (non-hydrogen) atoms. The molecule has 1 aliphatic rings. The van der Waals surface area contributed by atoms with Gasteiger partial charge in [0.25, 0.3) is 0 Å². The average Bonchev–Trinajstić information content (AvgIpc) is 2.41. The summed E-state index contributed by atoms with van der Waals surface area (Å²) in [5.74, 6) is 0.249. The summed E-state index contributed by atoms with van der Waals surface area (Å²) in [6, 6.07) is 7.21. The molecule has 1 saturated heterocycles. The summed E-state index contributed by atoms with van der Waals surface area (Å²) in [6.07, 6.45) is 3.24. The van der Waals surface area contributed by atoms with E-state index >= 15 is 0 Å². The fraction of sp³-hybridized carbons (Fsp3) is 0.600. The fourth-order valence-corrected chi connectivity index (χ4v) is 2.74. The standard InChI is InChI=1S/C15H22FNO/c1-12(9-13-4-6-15(16)7-5-13)17-8-2-3-14(10-17)11-18/h4-7,12,14,18H,2-3,8-11H2,1H3. The first kappa shape index (κ1) is 13.5. The van der Waals surface area contributed by atoms with Gasteiger partial charge < -0.3 is 5.11 Å². The molecule has 1 heterocycles. The first-order valence-electron chi connectivity index (χ1n) is 6.78. The van der Waals surface area contributed by atoms with E-state index in [1.807, 2.05) is 12.1 Å². The SMILES string of the molecule is CC(Cc1ccc(F)cc1)N1CCCC(CO)C1. The Hall–Kier alpha value is -0.930. The number of hydrogen-bond donors (Lipinski definition) is 1. The second kappa shape index (κ2) is 6.30. The highest BCUT2D eigenvalue weighted by Gasteiger charge is 2.22. The van der Waals surface area contributed by atoms with Gasteiger partial charge in [-0.2, -0.15) is 0 Å². The second-order valence-corrected chi connectivity index (χ2v) is 5.37. The van der Waals surface area contributed by atoms with Crippen LogP contribution in [-0.4, -0.2) is 35.7 Å². The molecular weight excluding hydrogens is 229 g/mol. The van der Waals surface area contributed by atoms with Crippen molar-refractivity contribution in [2.75, 3.05) is 19.7 Å². The maximum absolute atomic E-state index is 12.8. The van der Waals surface area contributed by atoms with Gasteiger partial charge in [0.1, 0.15) is 5.82 Å². The van der Waals surface area contributed by atoms with Gasteiger partial charge in [-0.15, -0.1) is 0 Å². The number of benzene rings is 1. The zero-order valence-corrected chi connectivity index (χ0v) is 11.0. The van der Waals surface area contributed by atoms with Crippen molar-refractivity contribution in [2.45, 2.75) is 32.2 Å². The summed E-state index contributed by atoms with van der Waals surface area (Å²) >= 11 is 0. The lowest BCUT2D eigenvalue weighted by atomic mass is 9.96. The molecule has 0 bridgehead atoms. The number of aliphatic hydroxyl groups excluding tert-OH is 1. The molecule has 3 heteroatoms. The van der Waals surface area contributed by atoms with Gasteiger partial charge in [0.2, 0.25) is 0 Å². The minimum absolute atomic E-state index is 0.176. The number of hydrogen-bond acceptors (Lipinski definition) is 2. The minimum Gasteiger partial charge on any atom is -0.396 e. The van der Waals surface area contributed by atoms with E-state index in [4.69, 9.17) is 0 Å². The highest BCUT2D eigenvalue weighted by atomic mass is 19.1. The third kappa shape index (κ3) is 3.53. The third-order valence-corrected chi connectivity index (χ3v) is 3.88. The van der Waals surface area contributed by atoms with Crippen LogP contribution in [0.4, 0.5) is 4.39 Å².